The summed E-state index contributed by atoms with van der Waals surface area (Å²) >= 11 is 0. The first kappa shape index (κ1) is 20.2. The van der Waals surface area contributed by atoms with Crippen molar-refractivity contribution in [2.75, 3.05) is 13.2 Å². The van der Waals surface area contributed by atoms with Gasteiger partial charge in [-0.05, 0) is 66.8 Å². The molecule has 1 amide bonds. The highest BCUT2D eigenvalue weighted by Gasteiger charge is 2.23. The summed E-state index contributed by atoms with van der Waals surface area (Å²) < 4.78 is 5.65. The van der Waals surface area contributed by atoms with Crippen LogP contribution in [0.2, 0.25) is 0 Å². The Morgan fingerprint density at radius 2 is 1.54 bits per heavy atom. The maximum Gasteiger partial charge on any atom is 0.410 e. The van der Waals surface area contributed by atoms with Crippen LogP contribution >= 0.6 is 0 Å². The highest BCUT2D eigenvalue weighted by atomic mass is 16.6. The predicted molar refractivity (Wildman–Crippen MR) is 114 cm³/mol. The van der Waals surface area contributed by atoms with Crippen LogP contribution < -0.4 is 0 Å². The second kappa shape index (κ2) is 8.61. The number of aliphatic hydroxyl groups excluding tert-OH is 1. The van der Waals surface area contributed by atoms with Gasteiger partial charge < -0.3 is 14.7 Å². The standard InChI is InChI=1S/C24H29NO3/c1-24(2,3)28-23(27)25(14-8-9-15-26)17-22-20-12-6-4-10-18(20)16-19-11-5-7-13-21(19)22/h4-7,10-13,16,26H,8-9,14-15,17H2,1-3H3. The smallest absolute Gasteiger partial charge is 0.410 e. The van der Waals surface area contributed by atoms with Gasteiger partial charge in [0.1, 0.15) is 5.60 Å². The Labute approximate surface area is 166 Å². The van der Waals surface area contributed by atoms with Gasteiger partial charge in [0.2, 0.25) is 0 Å². The second-order valence-corrected chi connectivity index (χ2v) is 8.13. The number of unbranched alkanes of at least 4 members (excludes halogenated alkanes) is 1. The van der Waals surface area contributed by atoms with Crippen molar-refractivity contribution < 1.29 is 14.6 Å². The third-order valence-electron chi connectivity index (χ3n) is 4.72. The Morgan fingerprint density at radius 3 is 2.07 bits per heavy atom. The number of fused-ring (bicyclic) bond motifs is 2. The molecule has 0 fully saturated rings. The zero-order valence-electron chi connectivity index (χ0n) is 16.9. The quantitative estimate of drug-likeness (QED) is 0.454. The molecule has 3 aromatic carbocycles. The molecule has 0 aliphatic heterocycles. The number of hydrogen-bond acceptors (Lipinski definition) is 3. The van der Waals surface area contributed by atoms with Crippen LogP contribution in [-0.2, 0) is 11.3 Å². The van der Waals surface area contributed by atoms with Crippen LogP contribution in [0, 0.1) is 0 Å². The minimum atomic E-state index is -0.548. The first-order valence-corrected chi connectivity index (χ1v) is 9.87. The van der Waals surface area contributed by atoms with Gasteiger partial charge in [-0.15, -0.1) is 0 Å². The van der Waals surface area contributed by atoms with Crippen molar-refractivity contribution in [3.63, 3.8) is 0 Å². The van der Waals surface area contributed by atoms with Gasteiger partial charge in [-0.3, -0.25) is 0 Å². The number of amides is 1. The Bertz CT molecular complexity index is 905. The molecule has 1 N–H and O–H groups in total. The van der Waals surface area contributed by atoms with E-state index < -0.39 is 5.60 Å². The summed E-state index contributed by atoms with van der Waals surface area (Å²) in [7, 11) is 0. The molecule has 0 saturated heterocycles. The fourth-order valence-electron chi connectivity index (χ4n) is 3.45. The number of benzene rings is 3. The maximum atomic E-state index is 12.9. The van der Waals surface area contributed by atoms with Crippen LogP contribution in [0.25, 0.3) is 21.5 Å². The van der Waals surface area contributed by atoms with Crippen LogP contribution in [0.3, 0.4) is 0 Å². The third-order valence-corrected chi connectivity index (χ3v) is 4.72. The predicted octanol–water partition coefficient (Wildman–Crippen LogP) is 5.50. The molecule has 148 valence electrons. The number of hydrogen-bond donors (Lipinski definition) is 1. The van der Waals surface area contributed by atoms with Gasteiger partial charge in [-0.25, -0.2) is 4.79 Å². The molecule has 0 unspecified atom stereocenters. The lowest BCUT2D eigenvalue weighted by atomic mass is 9.96. The Kier molecular flexibility index (Phi) is 6.20. The van der Waals surface area contributed by atoms with Gasteiger partial charge >= 0.3 is 6.09 Å². The molecule has 28 heavy (non-hydrogen) atoms. The van der Waals surface area contributed by atoms with Crippen LogP contribution in [0.15, 0.2) is 54.6 Å². The molecule has 0 heterocycles. The molecule has 3 rings (SSSR count). The Hall–Kier alpha value is -2.59. The average Bonchev–Trinajstić information content (AvgIpc) is 2.65. The molecule has 0 bridgehead atoms. The Balaban J connectivity index is 2.02. The van der Waals surface area contributed by atoms with Gasteiger partial charge in [0.05, 0.1) is 6.54 Å². The SMILES string of the molecule is CC(C)(C)OC(=O)N(CCCCO)Cc1c2ccccc2cc2ccccc12. The van der Waals surface area contributed by atoms with Crippen LogP contribution in [0.5, 0.6) is 0 Å². The van der Waals surface area contributed by atoms with E-state index in [4.69, 9.17) is 9.84 Å². The molecule has 4 heteroatoms. The first-order chi connectivity index (χ1) is 13.4. The van der Waals surface area contributed by atoms with Crippen LogP contribution in [0.4, 0.5) is 4.79 Å². The number of rotatable bonds is 6. The molecule has 3 aromatic rings. The summed E-state index contributed by atoms with van der Waals surface area (Å²) in [6, 6.07) is 18.8. The van der Waals surface area contributed by atoms with E-state index in [0.717, 1.165) is 33.5 Å². The number of aliphatic hydroxyl groups is 1. The van der Waals surface area contributed by atoms with Gasteiger partial charge in [-0.1, -0.05) is 48.5 Å². The summed E-state index contributed by atoms with van der Waals surface area (Å²) in [4.78, 5) is 14.6. The molecule has 0 aliphatic carbocycles. The molecular formula is C24H29NO3. The van der Waals surface area contributed by atoms with E-state index in [1.54, 1.807) is 4.90 Å². The van der Waals surface area contributed by atoms with E-state index in [9.17, 15) is 4.79 Å². The number of ether oxygens (including phenoxy) is 1. The van der Waals surface area contributed by atoms with Crippen molar-refractivity contribution in [1.82, 2.24) is 4.90 Å². The minimum Gasteiger partial charge on any atom is -0.444 e. The summed E-state index contributed by atoms with van der Waals surface area (Å²) in [6.45, 7) is 6.78. The summed E-state index contributed by atoms with van der Waals surface area (Å²) in [5, 5.41) is 13.8. The minimum absolute atomic E-state index is 0.124. The average molecular weight is 380 g/mol. The van der Waals surface area contributed by atoms with E-state index in [1.165, 1.54) is 0 Å². The molecular weight excluding hydrogens is 350 g/mol. The van der Waals surface area contributed by atoms with Crippen molar-refractivity contribution >= 4 is 27.6 Å². The molecule has 0 aliphatic rings. The second-order valence-electron chi connectivity index (χ2n) is 8.13. The van der Waals surface area contributed by atoms with E-state index in [0.29, 0.717) is 19.5 Å². The normalized spacial score (nSPS) is 11.7. The molecule has 0 spiro atoms. The molecule has 0 radical (unpaired) electrons. The largest absolute Gasteiger partial charge is 0.444 e. The maximum absolute atomic E-state index is 12.9. The van der Waals surface area contributed by atoms with E-state index in [1.807, 2.05) is 45.0 Å². The van der Waals surface area contributed by atoms with Crippen molar-refractivity contribution in [3.05, 3.63) is 60.2 Å². The van der Waals surface area contributed by atoms with E-state index in [2.05, 4.69) is 30.3 Å². The lowest BCUT2D eigenvalue weighted by Crippen LogP contribution is -2.37. The zero-order chi connectivity index (χ0) is 20.1. The van der Waals surface area contributed by atoms with Crippen molar-refractivity contribution in [2.24, 2.45) is 0 Å². The third kappa shape index (κ3) is 4.82. The monoisotopic (exact) mass is 379 g/mol. The lowest BCUT2D eigenvalue weighted by molar-refractivity contribution is 0.0229. The number of nitrogens with zero attached hydrogens (tertiary/aromatic N) is 1. The summed E-state index contributed by atoms with van der Waals surface area (Å²) in [5.41, 5.74) is 0.580. The van der Waals surface area contributed by atoms with Gasteiger partial charge in [-0.2, -0.15) is 0 Å². The highest BCUT2D eigenvalue weighted by Crippen LogP contribution is 2.30. The molecule has 0 atom stereocenters. The van der Waals surface area contributed by atoms with Crippen LogP contribution in [0.1, 0.15) is 39.2 Å². The van der Waals surface area contributed by atoms with Crippen molar-refractivity contribution in [3.8, 4) is 0 Å². The number of carbonyl (C=O) groups excluding carboxylic acids is 1. The topological polar surface area (TPSA) is 49.8 Å². The van der Waals surface area contributed by atoms with Crippen molar-refractivity contribution in [2.45, 2.75) is 45.8 Å². The van der Waals surface area contributed by atoms with E-state index >= 15 is 0 Å². The Morgan fingerprint density at radius 1 is 0.964 bits per heavy atom. The van der Waals surface area contributed by atoms with Gasteiger partial charge in [0.15, 0.2) is 0 Å². The van der Waals surface area contributed by atoms with Crippen LogP contribution in [-0.4, -0.2) is 34.9 Å². The number of carbonyl (C=O) groups is 1. The first-order valence-electron chi connectivity index (χ1n) is 9.87. The van der Waals surface area contributed by atoms with E-state index in [-0.39, 0.29) is 12.7 Å². The van der Waals surface area contributed by atoms with Gasteiger partial charge in [0, 0.05) is 13.2 Å². The van der Waals surface area contributed by atoms with Crippen molar-refractivity contribution in [1.29, 1.82) is 0 Å². The molecule has 4 nitrogen and oxygen atoms in total. The molecule has 0 saturated carbocycles. The van der Waals surface area contributed by atoms with Gasteiger partial charge in [0.25, 0.3) is 0 Å². The molecule has 0 aromatic heterocycles. The fraction of sp³-hybridized carbons (Fsp3) is 0.375. The zero-order valence-corrected chi connectivity index (χ0v) is 16.9. The highest BCUT2D eigenvalue weighted by molar-refractivity contribution is 6.02. The fourth-order valence-corrected chi connectivity index (χ4v) is 3.45. The summed E-state index contributed by atoms with van der Waals surface area (Å²) in [6.07, 6.45) is 1.08. The lowest BCUT2D eigenvalue weighted by Gasteiger charge is -2.28. The summed E-state index contributed by atoms with van der Waals surface area (Å²) in [5.74, 6) is 0.